The maximum Gasteiger partial charge on any atom is 0.354 e. The van der Waals surface area contributed by atoms with Crippen LogP contribution in [0.5, 0.6) is 0 Å². The molecule has 0 aliphatic carbocycles. The molecule has 5 nitrogen and oxygen atoms in total. The van der Waals surface area contributed by atoms with Crippen LogP contribution in [0, 0.1) is 0 Å². The van der Waals surface area contributed by atoms with E-state index in [1.165, 1.54) is 19.2 Å². The Morgan fingerprint density at radius 3 is 2.58 bits per heavy atom. The number of hydrogen-bond acceptors (Lipinski definition) is 3. The van der Waals surface area contributed by atoms with E-state index in [0.717, 1.165) is 11.1 Å². The zero-order valence-corrected chi connectivity index (χ0v) is 10.3. The number of carboxylic acid groups (broad SMARTS) is 1. The second-order valence-corrected chi connectivity index (χ2v) is 4.00. The van der Waals surface area contributed by atoms with Crippen LogP contribution >= 0.6 is 0 Å². The molecule has 96 valence electrons. The summed E-state index contributed by atoms with van der Waals surface area (Å²) < 4.78 is 0. The van der Waals surface area contributed by atoms with E-state index < -0.39 is 5.97 Å². The normalized spacial score (nSPS) is 9.95. The second kappa shape index (κ2) is 5.30. The van der Waals surface area contributed by atoms with Crippen LogP contribution in [0.25, 0.3) is 11.1 Å². The fraction of sp³-hybridized carbons (Fsp3) is 0.0714. The summed E-state index contributed by atoms with van der Waals surface area (Å²) in [5.41, 5.74) is 2.21. The first kappa shape index (κ1) is 12.8. The highest BCUT2D eigenvalue weighted by molar-refractivity contribution is 5.90. The number of anilines is 1. The fourth-order valence-electron chi connectivity index (χ4n) is 1.71. The quantitative estimate of drug-likeness (QED) is 0.883. The van der Waals surface area contributed by atoms with E-state index in [2.05, 4.69) is 10.3 Å². The third-order valence-electron chi connectivity index (χ3n) is 2.50. The number of carbonyl (C=O) groups excluding carboxylic acids is 1. The molecule has 2 N–H and O–H groups in total. The molecule has 5 heteroatoms. The largest absolute Gasteiger partial charge is 0.477 e. The van der Waals surface area contributed by atoms with Crippen molar-refractivity contribution < 1.29 is 14.7 Å². The smallest absolute Gasteiger partial charge is 0.354 e. The van der Waals surface area contributed by atoms with Crippen LogP contribution in [-0.4, -0.2) is 22.0 Å². The Morgan fingerprint density at radius 1 is 1.16 bits per heavy atom. The highest BCUT2D eigenvalue weighted by atomic mass is 16.4. The van der Waals surface area contributed by atoms with Gasteiger partial charge in [0.15, 0.2) is 0 Å². The van der Waals surface area contributed by atoms with Crippen LogP contribution in [0.2, 0.25) is 0 Å². The van der Waals surface area contributed by atoms with E-state index in [0.29, 0.717) is 5.69 Å². The standard InChI is InChI=1S/C14H12N2O3/c1-9(17)16-12-4-2-3-10(7-12)11-5-6-15-13(8-11)14(18)19/h2-8H,1H3,(H,16,17)(H,18,19). The van der Waals surface area contributed by atoms with Gasteiger partial charge in [0.05, 0.1) is 0 Å². The van der Waals surface area contributed by atoms with E-state index in [-0.39, 0.29) is 11.6 Å². The number of aromatic carboxylic acids is 1. The van der Waals surface area contributed by atoms with Gasteiger partial charge in [0.1, 0.15) is 5.69 Å². The van der Waals surface area contributed by atoms with Gasteiger partial charge in [-0.25, -0.2) is 9.78 Å². The summed E-state index contributed by atoms with van der Waals surface area (Å²) in [5, 5.41) is 11.6. The van der Waals surface area contributed by atoms with Gasteiger partial charge in [-0.05, 0) is 35.4 Å². The van der Waals surface area contributed by atoms with E-state index in [1.54, 1.807) is 24.3 Å². The number of carbonyl (C=O) groups is 2. The van der Waals surface area contributed by atoms with Gasteiger partial charge in [0, 0.05) is 18.8 Å². The molecule has 0 aliphatic rings. The monoisotopic (exact) mass is 256 g/mol. The van der Waals surface area contributed by atoms with Crippen molar-refractivity contribution >= 4 is 17.6 Å². The van der Waals surface area contributed by atoms with Crippen LogP contribution in [-0.2, 0) is 4.79 Å². The summed E-state index contributed by atoms with van der Waals surface area (Å²) in [5.74, 6) is -1.22. The highest BCUT2D eigenvalue weighted by Gasteiger charge is 2.07. The molecule has 19 heavy (non-hydrogen) atoms. The third-order valence-corrected chi connectivity index (χ3v) is 2.50. The van der Waals surface area contributed by atoms with Crippen molar-refractivity contribution in [1.82, 2.24) is 4.98 Å². The average Bonchev–Trinajstić information content (AvgIpc) is 2.38. The number of carboxylic acids is 1. The summed E-state index contributed by atoms with van der Waals surface area (Å²) in [6.07, 6.45) is 1.45. The molecule has 0 fully saturated rings. The fourth-order valence-corrected chi connectivity index (χ4v) is 1.71. The molecule has 0 unspecified atom stereocenters. The minimum atomic E-state index is -1.07. The maximum absolute atomic E-state index is 11.0. The van der Waals surface area contributed by atoms with Crippen molar-refractivity contribution in [3.8, 4) is 11.1 Å². The molecule has 1 amide bonds. The maximum atomic E-state index is 11.0. The number of hydrogen-bond donors (Lipinski definition) is 2. The van der Waals surface area contributed by atoms with Crippen LogP contribution in [0.3, 0.4) is 0 Å². The molecule has 1 aromatic carbocycles. The number of nitrogens with one attached hydrogen (secondary N) is 1. The molecular formula is C14H12N2O3. The molecular weight excluding hydrogens is 244 g/mol. The van der Waals surface area contributed by atoms with E-state index in [4.69, 9.17) is 5.11 Å². The van der Waals surface area contributed by atoms with Crippen LogP contribution < -0.4 is 5.32 Å². The zero-order chi connectivity index (χ0) is 13.8. The van der Waals surface area contributed by atoms with Gasteiger partial charge in [-0.2, -0.15) is 0 Å². The first-order chi connectivity index (χ1) is 9.06. The Labute approximate surface area is 109 Å². The lowest BCUT2D eigenvalue weighted by Gasteiger charge is -2.06. The molecule has 0 radical (unpaired) electrons. The molecule has 0 aliphatic heterocycles. The lowest BCUT2D eigenvalue weighted by molar-refractivity contribution is -0.114. The van der Waals surface area contributed by atoms with Crippen LogP contribution in [0.1, 0.15) is 17.4 Å². The van der Waals surface area contributed by atoms with Gasteiger partial charge in [-0.1, -0.05) is 12.1 Å². The lowest BCUT2D eigenvalue weighted by Crippen LogP contribution is -2.05. The third kappa shape index (κ3) is 3.16. The van der Waals surface area contributed by atoms with E-state index >= 15 is 0 Å². The first-order valence-electron chi connectivity index (χ1n) is 5.63. The Bertz CT molecular complexity index is 638. The number of amides is 1. The number of benzene rings is 1. The summed E-state index contributed by atoms with van der Waals surface area (Å²) in [6.45, 7) is 1.43. The van der Waals surface area contributed by atoms with Crippen molar-refractivity contribution in [2.75, 3.05) is 5.32 Å². The van der Waals surface area contributed by atoms with E-state index in [1.807, 2.05) is 6.07 Å². The van der Waals surface area contributed by atoms with Gasteiger partial charge in [-0.3, -0.25) is 4.79 Å². The predicted octanol–water partition coefficient (Wildman–Crippen LogP) is 2.41. The van der Waals surface area contributed by atoms with Gasteiger partial charge in [-0.15, -0.1) is 0 Å². The molecule has 0 saturated heterocycles. The van der Waals surface area contributed by atoms with Crippen molar-refractivity contribution in [3.63, 3.8) is 0 Å². The van der Waals surface area contributed by atoms with Crippen molar-refractivity contribution in [2.24, 2.45) is 0 Å². The lowest BCUT2D eigenvalue weighted by atomic mass is 10.1. The molecule has 0 bridgehead atoms. The molecule has 0 spiro atoms. The number of rotatable bonds is 3. The van der Waals surface area contributed by atoms with Gasteiger partial charge < -0.3 is 10.4 Å². The predicted molar refractivity (Wildman–Crippen MR) is 70.9 cm³/mol. The van der Waals surface area contributed by atoms with Crippen molar-refractivity contribution in [2.45, 2.75) is 6.92 Å². The summed E-state index contributed by atoms with van der Waals surface area (Å²) in [6, 6.07) is 10.4. The Hall–Kier alpha value is -2.69. The minimum absolute atomic E-state index is 0.0116. The van der Waals surface area contributed by atoms with Gasteiger partial charge in [0.25, 0.3) is 0 Å². The molecule has 1 heterocycles. The second-order valence-electron chi connectivity index (χ2n) is 4.00. The van der Waals surface area contributed by atoms with Crippen molar-refractivity contribution in [1.29, 1.82) is 0 Å². The number of aromatic nitrogens is 1. The summed E-state index contributed by atoms with van der Waals surface area (Å²) in [4.78, 5) is 25.6. The van der Waals surface area contributed by atoms with Crippen LogP contribution in [0.15, 0.2) is 42.6 Å². The number of nitrogens with zero attached hydrogens (tertiary/aromatic N) is 1. The number of pyridine rings is 1. The SMILES string of the molecule is CC(=O)Nc1cccc(-c2ccnc(C(=O)O)c2)c1. The van der Waals surface area contributed by atoms with Gasteiger partial charge >= 0.3 is 5.97 Å². The minimum Gasteiger partial charge on any atom is -0.477 e. The summed E-state index contributed by atoms with van der Waals surface area (Å²) >= 11 is 0. The average molecular weight is 256 g/mol. The summed E-state index contributed by atoms with van der Waals surface area (Å²) in [7, 11) is 0. The highest BCUT2D eigenvalue weighted by Crippen LogP contribution is 2.22. The first-order valence-corrected chi connectivity index (χ1v) is 5.63. The van der Waals surface area contributed by atoms with E-state index in [9.17, 15) is 9.59 Å². The zero-order valence-electron chi connectivity index (χ0n) is 10.3. The molecule has 2 aromatic rings. The van der Waals surface area contributed by atoms with Crippen LogP contribution in [0.4, 0.5) is 5.69 Å². The molecule has 0 atom stereocenters. The Balaban J connectivity index is 2.38. The van der Waals surface area contributed by atoms with Gasteiger partial charge in [0.2, 0.25) is 5.91 Å². The Kier molecular flexibility index (Phi) is 3.56. The topological polar surface area (TPSA) is 79.3 Å². The van der Waals surface area contributed by atoms with Crippen molar-refractivity contribution in [3.05, 3.63) is 48.3 Å². The molecule has 1 aromatic heterocycles. The molecule has 0 saturated carbocycles. The Morgan fingerprint density at radius 2 is 1.89 bits per heavy atom. The molecule has 2 rings (SSSR count).